The van der Waals surface area contributed by atoms with E-state index in [0.717, 1.165) is 5.56 Å². The molecule has 17 heavy (non-hydrogen) atoms. The highest BCUT2D eigenvalue weighted by atomic mass is 79.9. The van der Waals surface area contributed by atoms with Crippen molar-refractivity contribution < 1.29 is 8.78 Å². The van der Waals surface area contributed by atoms with Gasteiger partial charge in [-0.3, -0.25) is 0 Å². The first-order valence-corrected chi connectivity index (χ1v) is 5.85. The van der Waals surface area contributed by atoms with Crippen LogP contribution in [0.4, 0.5) is 14.5 Å². The quantitative estimate of drug-likeness (QED) is 0.915. The highest BCUT2D eigenvalue weighted by Gasteiger charge is 2.10. The Kier molecular flexibility index (Phi) is 3.47. The van der Waals surface area contributed by atoms with Gasteiger partial charge in [-0.25, -0.2) is 8.78 Å². The van der Waals surface area contributed by atoms with Gasteiger partial charge in [0, 0.05) is 30.5 Å². The molecule has 1 aromatic carbocycles. The smallest absolute Gasteiger partial charge is 0.150 e. The van der Waals surface area contributed by atoms with Crippen LogP contribution in [0.25, 0.3) is 0 Å². The van der Waals surface area contributed by atoms with Crippen LogP contribution in [0, 0.1) is 11.6 Å². The number of halogens is 3. The minimum atomic E-state index is -0.604. The molecule has 0 unspecified atom stereocenters. The maximum absolute atomic E-state index is 13.5. The van der Waals surface area contributed by atoms with E-state index in [2.05, 4.69) is 21.2 Å². The standard InChI is InChI=1S/C12H11BrF2N2/c1-17-3-2-8(7-17)6-16-12-10(14)4-9(13)5-11(12)15/h2-5,7,16H,6H2,1H3. The Morgan fingerprint density at radius 1 is 1.29 bits per heavy atom. The molecule has 2 nitrogen and oxygen atoms in total. The van der Waals surface area contributed by atoms with Gasteiger partial charge in [-0.1, -0.05) is 15.9 Å². The molecule has 0 bridgehead atoms. The predicted molar refractivity (Wildman–Crippen MR) is 66.8 cm³/mol. The van der Waals surface area contributed by atoms with Crippen LogP contribution in [0.3, 0.4) is 0 Å². The monoisotopic (exact) mass is 300 g/mol. The van der Waals surface area contributed by atoms with Crippen LogP contribution < -0.4 is 5.32 Å². The van der Waals surface area contributed by atoms with Crippen LogP contribution in [-0.4, -0.2) is 4.57 Å². The lowest BCUT2D eigenvalue weighted by molar-refractivity contribution is 0.586. The molecule has 0 amide bonds. The molecule has 90 valence electrons. The maximum atomic E-state index is 13.5. The summed E-state index contributed by atoms with van der Waals surface area (Å²) in [6, 6.07) is 4.36. The van der Waals surface area contributed by atoms with E-state index in [1.54, 1.807) is 0 Å². The summed E-state index contributed by atoms with van der Waals surface area (Å²) in [5, 5.41) is 2.75. The Hall–Kier alpha value is -1.36. The van der Waals surface area contributed by atoms with Crippen LogP contribution in [0.1, 0.15) is 5.56 Å². The number of benzene rings is 1. The van der Waals surface area contributed by atoms with Crippen molar-refractivity contribution in [3.8, 4) is 0 Å². The highest BCUT2D eigenvalue weighted by molar-refractivity contribution is 9.10. The van der Waals surface area contributed by atoms with Crippen molar-refractivity contribution in [1.82, 2.24) is 4.57 Å². The molecule has 0 saturated carbocycles. The number of rotatable bonds is 3. The van der Waals surface area contributed by atoms with Crippen LogP contribution in [-0.2, 0) is 13.6 Å². The minimum Gasteiger partial charge on any atom is -0.376 e. The molecule has 0 aliphatic carbocycles. The van der Waals surface area contributed by atoms with Crippen molar-refractivity contribution in [3.05, 3.63) is 52.3 Å². The Morgan fingerprint density at radius 3 is 2.47 bits per heavy atom. The zero-order valence-electron chi connectivity index (χ0n) is 9.17. The summed E-state index contributed by atoms with van der Waals surface area (Å²) in [6.45, 7) is 0.385. The molecule has 0 spiro atoms. The summed E-state index contributed by atoms with van der Waals surface area (Å²) in [5.41, 5.74) is 0.867. The third-order valence-corrected chi connectivity index (χ3v) is 2.83. The molecule has 0 aliphatic heterocycles. The maximum Gasteiger partial charge on any atom is 0.150 e. The van der Waals surface area contributed by atoms with Gasteiger partial charge in [0.15, 0.2) is 0 Å². The first kappa shape index (κ1) is 12.1. The molecule has 0 radical (unpaired) electrons. The van der Waals surface area contributed by atoms with Gasteiger partial charge in [-0.15, -0.1) is 0 Å². The van der Waals surface area contributed by atoms with Crippen molar-refractivity contribution in [2.24, 2.45) is 7.05 Å². The predicted octanol–water partition coefficient (Wildman–Crippen LogP) is 3.68. The topological polar surface area (TPSA) is 17.0 Å². The van der Waals surface area contributed by atoms with Gasteiger partial charge in [0.25, 0.3) is 0 Å². The average molecular weight is 301 g/mol. The Bertz CT molecular complexity index is 514. The highest BCUT2D eigenvalue weighted by Crippen LogP contribution is 2.24. The zero-order valence-corrected chi connectivity index (χ0v) is 10.8. The third kappa shape index (κ3) is 2.85. The molecule has 1 N–H and O–H groups in total. The van der Waals surface area contributed by atoms with Crippen molar-refractivity contribution in [2.75, 3.05) is 5.32 Å². The van der Waals surface area contributed by atoms with Gasteiger partial charge >= 0.3 is 0 Å². The van der Waals surface area contributed by atoms with E-state index in [4.69, 9.17) is 0 Å². The van der Waals surface area contributed by atoms with Crippen LogP contribution >= 0.6 is 15.9 Å². The largest absolute Gasteiger partial charge is 0.376 e. The number of nitrogens with zero attached hydrogens (tertiary/aromatic N) is 1. The molecule has 5 heteroatoms. The summed E-state index contributed by atoms with van der Waals surface area (Å²) < 4.78 is 29.2. The molecular weight excluding hydrogens is 290 g/mol. The van der Waals surface area contributed by atoms with E-state index in [9.17, 15) is 8.78 Å². The summed E-state index contributed by atoms with van der Waals surface area (Å²) in [6.07, 6.45) is 3.77. The van der Waals surface area contributed by atoms with E-state index in [-0.39, 0.29) is 5.69 Å². The first-order valence-electron chi connectivity index (χ1n) is 5.05. The van der Waals surface area contributed by atoms with E-state index in [1.165, 1.54) is 12.1 Å². The van der Waals surface area contributed by atoms with Gasteiger partial charge in [0.2, 0.25) is 0 Å². The molecule has 0 fully saturated rings. The summed E-state index contributed by atoms with van der Waals surface area (Å²) >= 11 is 3.04. The molecular formula is C12H11BrF2N2. The summed E-state index contributed by atoms with van der Waals surface area (Å²) in [5.74, 6) is -1.21. The second-order valence-electron chi connectivity index (χ2n) is 3.78. The van der Waals surface area contributed by atoms with Crippen molar-refractivity contribution >= 4 is 21.6 Å². The van der Waals surface area contributed by atoms with E-state index < -0.39 is 11.6 Å². The number of hydrogen-bond donors (Lipinski definition) is 1. The fourth-order valence-corrected chi connectivity index (χ4v) is 1.97. The molecule has 0 atom stereocenters. The van der Waals surface area contributed by atoms with Crippen molar-refractivity contribution in [1.29, 1.82) is 0 Å². The third-order valence-electron chi connectivity index (χ3n) is 2.37. The van der Waals surface area contributed by atoms with Gasteiger partial charge in [0.05, 0.1) is 0 Å². The number of anilines is 1. The molecule has 1 aromatic heterocycles. The zero-order chi connectivity index (χ0) is 12.4. The van der Waals surface area contributed by atoms with E-state index >= 15 is 0 Å². The lowest BCUT2D eigenvalue weighted by Gasteiger charge is -2.08. The molecule has 0 aliphatic rings. The molecule has 1 heterocycles. The van der Waals surface area contributed by atoms with Crippen LogP contribution in [0.5, 0.6) is 0 Å². The average Bonchev–Trinajstić information content (AvgIpc) is 2.62. The Balaban J connectivity index is 2.14. The van der Waals surface area contributed by atoms with Crippen LogP contribution in [0.2, 0.25) is 0 Å². The molecule has 2 rings (SSSR count). The summed E-state index contributed by atoms with van der Waals surface area (Å²) in [7, 11) is 1.89. The van der Waals surface area contributed by atoms with E-state index in [1.807, 2.05) is 30.1 Å². The Morgan fingerprint density at radius 2 is 1.94 bits per heavy atom. The number of aromatic nitrogens is 1. The molecule has 0 saturated heterocycles. The van der Waals surface area contributed by atoms with Gasteiger partial charge < -0.3 is 9.88 Å². The van der Waals surface area contributed by atoms with Gasteiger partial charge in [0.1, 0.15) is 17.3 Å². The normalized spacial score (nSPS) is 10.6. The Labute approximate surface area is 106 Å². The van der Waals surface area contributed by atoms with E-state index in [0.29, 0.717) is 11.0 Å². The lowest BCUT2D eigenvalue weighted by atomic mass is 10.2. The fraction of sp³-hybridized carbons (Fsp3) is 0.167. The number of aryl methyl sites for hydroxylation is 1. The second kappa shape index (κ2) is 4.87. The first-order chi connectivity index (χ1) is 8.06. The van der Waals surface area contributed by atoms with Crippen LogP contribution in [0.15, 0.2) is 35.1 Å². The van der Waals surface area contributed by atoms with Crippen molar-refractivity contribution in [3.63, 3.8) is 0 Å². The van der Waals surface area contributed by atoms with Gasteiger partial charge in [-0.2, -0.15) is 0 Å². The summed E-state index contributed by atoms with van der Waals surface area (Å²) in [4.78, 5) is 0. The molecule has 2 aromatic rings. The second-order valence-corrected chi connectivity index (χ2v) is 4.70. The minimum absolute atomic E-state index is 0.1000. The number of hydrogen-bond acceptors (Lipinski definition) is 1. The van der Waals surface area contributed by atoms with Gasteiger partial charge in [-0.05, 0) is 23.8 Å². The lowest BCUT2D eigenvalue weighted by Crippen LogP contribution is -2.03. The SMILES string of the molecule is Cn1ccc(CNc2c(F)cc(Br)cc2F)c1. The van der Waals surface area contributed by atoms with Crippen molar-refractivity contribution in [2.45, 2.75) is 6.54 Å². The fourth-order valence-electron chi connectivity index (χ4n) is 1.57. The number of nitrogens with one attached hydrogen (secondary N) is 1.